The van der Waals surface area contributed by atoms with Gasteiger partial charge in [0.1, 0.15) is 0 Å². The van der Waals surface area contributed by atoms with E-state index in [2.05, 4.69) is 5.32 Å². The molecule has 0 aliphatic heterocycles. The summed E-state index contributed by atoms with van der Waals surface area (Å²) in [6, 6.07) is 7.73. The van der Waals surface area contributed by atoms with E-state index in [1.807, 2.05) is 24.3 Å². The Bertz CT molecular complexity index is 355. The molecule has 0 aliphatic rings. The summed E-state index contributed by atoms with van der Waals surface area (Å²) in [4.78, 5) is 11.4. The molecule has 0 saturated carbocycles. The molecule has 0 unspecified atom stereocenters. The molecule has 0 aromatic heterocycles. The first-order chi connectivity index (χ1) is 8.22. The Morgan fingerprint density at radius 3 is 3.00 bits per heavy atom. The van der Waals surface area contributed by atoms with E-state index in [9.17, 15) is 4.79 Å². The van der Waals surface area contributed by atoms with Crippen molar-refractivity contribution in [1.29, 1.82) is 0 Å². The van der Waals surface area contributed by atoms with Crippen LogP contribution in [0.4, 0.5) is 0 Å². The van der Waals surface area contributed by atoms with E-state index in [1.165, 1.54) is 5.56 Å². The molecule has 0 saturated heterocycles. The summed E-state index contributed by atoms with van der Waals surface area (Å²) in [5.74, 6) is 0.0732. The second-order valence-corrected chi connectivity index (χ2v) is 4.26. The van der Waals surface area contributed by atoms with E-state index in [4.69, 9.17) is 16.3 Å². The largest absolute Gasteiger partial charge is 0.383 e. The monoisotopic (exact) mass is 255 g/mol. The van der Waals surface area contributed by atoms with Crippen molar-refractivity contribution in [2.75, 3.05) is 20.3 Å². The Balaban J connectivity index is 2.17. The van der Waals surface area contributed by atoms with Crippen molar-refractivity contribution in [3.8, 4) is 0 Å². The third-order valence-corrected chi connectivity index (χ3v) is 2.62. The Hall–Kier alpha value is -1.06. The third kappa shape index (κ3) is 6.29. The van der Waals surface area contributed by atoms with Gasteiger partial charge in [-0.3, -0.25) is 4.79 Å². The van der Waals surface area contributed by atoms with Crippen molar-refractivity contribution in [2.24, 2.45) is 0 Å². The van der Waals surface area contributed by atoms with Crippen molar-refractivity contribution >= 4 is 17.5 Å². The van der Waals surface area contributed by atoms with Crippen LogP contribution >= 0.6 is 11.6 Å². The lowest BCUT2D eigenvalue weighted by atomic mass is 10.1. The van der Waals surface area contributed by atoms with Gasteiger partial charge in [-0.1, -0.05) is 23.7 Å². The van der Waals surface area contributed by atoms with Crippen LogP contribution in [0, 0.1) is 0 Å². The first kappa shape index (κ1) is 14.0. The molecule has 1 aromatic carbocycles. The zero-order valence-electron chi connectivity index (χ0n) is 10.0. The first-order valence-corrected chi connectivity index (χ1v) is 6.10. The number of amides is 1. The maximum Gasteiger partial charge on any atom is 0.220 e. The first-order valence-electron chi connectivity index (χ1n) is 5.72. The van der Waals surface area contributed by atoms with Crippen LogP contribution in [0.2, 0.25) is 5.02 Å². The van der Waals surface area contributed by atoms with Gasteiger partial charge in [0.15, 0.2) is 0 Å². The molecule has 0 bridgehead atoms. The van der Waals surface area contributed by atoms with Gasteiger partial charge in [0, 0.05) is 25.1 Å². The summed E-state index contributed by atoms with van der Waals surface area (Å²) in [5.41, 5.74) is 1.17. The Kier molecular flexibility index (Phi) is 6.67. The molecule has 0 radical (unpaired) electrons. The molecule has 1 N–H and O–H groups in total. The summed E-state index contributed by atoms with van der Waals surface area (Å²) >= 11 is 5.88. The van der Waals surface area contributed by atoms with Crippen LogP contribution in [0.5, 0.6) is 0 Å². The number of aryl methyl sites for hydroxylation is 1. The highest BCUT2D eigenvalue weighted by Gasteiger charge is 2.01. The van der Waals surface area contributed by atoms with Gasteiger partial charge in [0.05, 0.1) is 6.61 Å². The Labute approximate surface area is 107 Å². The van der Waals surface area contributed by atoms with Crippen LogP contribution in [0.3, 0.4) is 0 Å². The fourth-order valence-electron chi connectivity index (χ4n) is 1.53. The molecule has 0 aliphatic carbocycles. The van der Waals surface area contributed by atoms with E-state index in [1.54, 1.807) is 7.11 Å². The van der Waals surface area contributed by atoms with Crippen molar-refractivity contribution in [3.63, 3.8) is 0 Å². The summed E-state index contributed by atoms with van der Waals surface area (Å²) in [6.45, 7) is 1.13. The molecule has 1 aromatic rings. The number of hydrogen-bond donors (Lipinski definition) is 1. The second-order valence-electron chi connectivity index (χ2n) is 3.83. The number of ether oxygens (including phenoxy) is 1. The molecule has 1 rings (SSSR count). The van der Waals surface area contributed by atoms with Crippen molar-refractivity contribution in [3.05, 3.63) is 34.9 Å². The molecule has 1 amide bonds. The summed E-state index contributed by atoms with van der Waals surface area (Å²) < 4.78 is 4.85. The van der Waals surface area contributed by atoms with Crippen LogP contribution in [-0.4, -0.2) is 26.2 Å². The molecular formula is C13H18ClNO2. The van der Waals surface area contributed by atoms with Gasteiger partial charge in [0.25, 0.3) is 0 Å². The van der Waals surface area contributed by atoms with Gasteiger partial charge in [-0.25, -0.2) is 0 Å². The SMILES string of the molecule is COCCNC(=O)CCCc1cccc(Cl)c1. The normalized spacial score (nSPS) is 10.2. The van der Waals surface area contributed by atoms with Gasteiger partial charge >= 0.3 is 0 Å². The summed E-state index contributed by atoms with van der Waals surface area (Å²) in [6.07, 6.45) is 2.24. The third-order valence-electron chi connectivity index (χ3n) is 2.39. The molecule has 17 heavy (non-hydrogen) atoms. The van der Waals surface area contributed by atoms with E-state index in [0.717, 1.165) is 17.9 Å². The Morgan fingerprint density at radius 1 is 1.47 bits per heavy atom. The topological polar surface area (TPSA) is 38.3 Å². The van der Waals surface area contributed by atoms with E-state index >= 15 is 0 Å². The van der Waals surface area contributed by atoms with Crippen LogP contribution in [-0.2, 0) is 16.0 Å². The molecule has 0 heterocycles. The number of carbonyl (C=O) groups excluding carboxylic acids is 1. The van der Waals surface area contributed by atoms with Crippen LogP contribution in [0.1, 0.15) is 18.4 Å². The number of nitrogens with one attached hydrogen (secondary N) is 1. The van der Waals surface area contributed by atoms with E-state index < -0.39 is 0 Å². The van der Waals surface area contributed by atoms with Gasteiger partial charge < -0.3 is 10.1 Å². The molecular weight excluding hydrogens is 238 g/mol. The molecule has 4 heteroatoms. The van der Waals surface area contributed by atoms with Gasteiger partial charge in [-0.15, -0.1) is 0 Å². The number of hydrogen-bond acceptors (Lipinski definition) is 2. The molecule has 94 valence electrons. The van der Waals surface area contributed by atoms with Gasteiger partial charge in [0.2, 0.25) is 5.91 Å². The maximum atomic E-state index is 11.4. The fraction of sp³-hybridized carbons (Fsp3) is 0.462. The molecule has 3 nitrogen and oxygen atoms in total. The van der Waals surface area contributed by atoms with Gasteiger partial charge in [-0.2, -0.15) is 0 Å². The van der Waals surface area contributed by atoms with Gasteiger partial charge in [-0.05, 0) is 30.5 Å². The van der Waals surface area contributed by atoms with Crippen molar-refractivity contribution in [1.82, 2.24) is 5.32 Å². The summed E-state index contributed by atoms with van der Waals surface area (Å²) in [5, 5.41) is 3.53. The number of halogens is 1. The minimum atomic E-state index is 0.0732. The highest BCUT2D eigenvalue weighted by molar-refractivity contribution is 6.30. The zero-order chi connectivity index (χ0) is 12.5. The number of methoxy groups -OCH3 is 1. The minimum Gasteiger partial charge on any atom is -0.383 e. The van der Waals surface area contributed by atoms with Crippen LogP contribution in [0.25, 0.3) is 0 Å². The van der Waals surface area contributed by atoms with Crippen molar-refractivity contribution < 1.29 is 9.53 Å². The lowest BCUT2D eigenvalue weighted by Crippen LogP contribution is -2.26. The highest BCUT2D eigenvalue weighted by Crippen LogP contribution is 2.12. The minimum absolute atomic E-state index is 0.0732. The Morgan fingerprint density at radius 2 is 2.29 bits per heavy atom. The zero-order valence-corrected chi connectivity index (χ0v) is 10.8. The second kappa shape index (κ2) is 8.09. The molecule has 0 atom stereocenters. The van der Waals surface area contributed by atoms with E-state index in [0.29, 0.717) is 19.6 Å². The lowest BCUT2D eigenvalue weighted by molar-refractivity contribution is -0.121. The number of rotatable bonds is 7. The fourth-order valence-corrected chi connectivity index (χ4v) is 1.74. The predicted molar refractivity (Wildman–Crippen MR) is 69.3 cm³/mol. The van der Waals surface area contributed by atoms with E-state index in [-0.39, 0.29) is 5.91 Å². The van der Waals surface area contributed by atoms with Crippen LogP contribution < -0.4 is 5.32 Å². The lowest BCUT2D eigenvalue weighted by Gasteiger charge is -2.04. The quantitative estimate of drug-likeness (QED) is 0.760. The molecule has 0 spiro atoms. The highest BCUT2D eigenvalue weighted by atomic mass is 35.5. The standard InChI is InChI=1S/C13H18ClNO2/c1-17-9-8-15-13(16)7-3-5-11-4-2-6-12(14)10-11/h2,4,6,10H,3,5,7-9H2,1H3,(H,15,16). The summed E-state index contributed by atoms with van der Waals surface area (Å²) in [7, 11) is 1.62. The van der Waals surface area contributed by atoms with Crippen LogP contribution in [0.15, 0.2) is 24.3 Å². The predicted octanol–water partition coefficient (Wildman–Crippen LogP) is 2.43. The number of benzene rings is 1. The maximum absolute atomic E-state index is 11.4. The average Bonchev–Trinajstić information content (AvgIpc) is 2.29. The molecule has 0 fully saturated rings. The average molecular weight is 256 g/mol. The van der Waals surface area contributed by atoms with Crippen molar-refractivity contribution in [2.45, 2.75) is 19.3 Å². The number of carbonyl (C=O) groups is 1. The smallest absolute Gasteiger partial charge is 0.220 e.